The van der Waals surface area contributed by atoms with Crippen LogP contribution in [0.1, 0.15) is 31.7 Å². The topological polar surface area (TPSA) is 72.5 Å². The van der Waals surface area contributed by atoms with Gasteiger partial charge in [-0.1, -0.05) is 41.4 Å². The molecule has 1 N–H and O–H groups in total. The van der Waals surface area contributed by atoms with Gasteiger partial charge in [0.05, 0.1) is 5.75 Å². The summed E-state index contributed by atoms with van der Waals surface area (Å²) in [6.45, 7) is 3.83. The van der Waals surface area contributed by atoms with Crippen molar-refractivity contribution in [1.29, 1.82) is 0 Å². The summed E-state index contributed by atoms with van der Waals surface area (Å²) >= 11 is 3.30. The van der Waals surface area contributed by atoms with Crippen molar-refractivity contribution in [2.45, 2.75) is 31.9 Å². The summed E-state index contributed by atoms with van der Waals surface area (Å²) in [7, 11) is -3.47. The monoisotopic (exact) mass is 405 g/mol. The molecule has 7 heteroatoms. The molecule has 23 heavy (non-hydrogen) atoms. The number of carbonyl (C=O) groups is 1. The second-order valence-electron chi connectivity index (χ2n) is 5.33. The molecule has 0 aliphatic rings. The summed E-state index contributed by atoms with van der Waals surface area (Å²) in [5, 5.41) is 2.62. The van der Waals surface area contributed by atoms with Crippen molar-refractivity contribution in [2.24, 2.45) is 0 Å². The van der Waals surface area contributed by atoms with Crippen LogP contribution in [-0.2, 0) is 25.1 Å². The van der Waals surface area contributed by atoms with E-state index in [2.05, 4.69) is 28.2 Å². The maximum Gasteiger partial charge on any atom is 0.235 e. The smallest absolute Gasteiger partial charge is 0.235 e. The highest BCUT2D eigenvalue weighted by atomic mass is 79.9. The van der Waals surface area contributed by atoms with Gasteiger partial charge in [-0.2, -0.15) is 0 Å². The zero-order chi connectivity index (χ0) is 17.1. The second kappa shape index (κ2) is 10.8. The third kappa shape index (κ3) is 9.73. The van der Waals surface area contributed by atoms with Gasteiger partial charge in [0.15, 0.2) is 9.84 Å². The molecule has 0 saturated carbocycles. The number of benzene rings is 1. The lowest BCUT2D eigenvalue weighted by Gasteiger charge is -2.07. The fraction of sp³-hybridized carbons (Fsp3) is 0.562. The summed E-state index contributed by atoms with van der Waals surface area (Å²) in [6, 6.07) is 7.07. The third-order valence-electron chi connectivity index (χ3n) is 3.06. The fourth-order valence-electron chi connectivity index (χ4n) is 1.93. The van der Waals surface area contributed by atoms with Gasteiger partial charge in [-0.3, -0.25) is 4.79 Å². The second-order valence-corrected chi connectivity index (χ2v) is 8.31. The molecule has 0 aliphatic carbocycles. The fourth-order valence-corrected chi connectivity index (χ4v) is 3.67. The van der Waals surface area contributed by atoms with E-state index in [0.29, 0.717) is 25.1 Å². The van der Waals surface area contributed by atoms with Crippen molar-refractivity contribution in [3.05, 3.63) is 34.3 Å². The summed E-state index contributed by atoms with van der Waals surface area (Å²) in [6.07, 6.45) is 2.80. The van der Waals surface area contributed by atoms with Gasteiger partial charge in [-0.05, 0) is 30.5 Å². The number of carbonyl (C=O) groups excluding carboxylic acids is 1. The van der Waals surface area contributed by atoms with E-state index in [9.17, 15) is 13.2 Å². The molecular formula is C16H24BrNO4S. The van der Waals surface area contributed by atoms with Crippen LogP contribution in [-0.4, -0.2) is 39.8 Å². The van der Waals surface area contributed by atoms with Gasteiger partial charge < -0.3 is 10.1 Å². The molecule has 0 heterocycles. The van der Waals surface area contributed by atoms with Crippen molar-refractivity contribution in [3.8, 4) is 0 Å². The predicted molar refractivity (Wildman–Crippen MR) is 95.0 cm³/mol. The first-order valence-electron chi connectivity index (χ1n) is 7.72. The molecule has 130 valence electrons. The number of hydrogen-bond acceptors (Lipinski definition) is 4. The minimum atomic E-state index is -3.47. The van der Waals surface area contributed by atoms with Gasteiger partial charge in [0, 0.05) is 24.2 Å². The van der Waals surface area contributed by atoms with Gasteiger partial charge in [0.25, 0.3) is 0 Å². The Hall–Kier alpha value is -0.920. The highest BCUT2D eigenvalue weighted by Gasteiger charge is 2.17. The Morgan fingerprint density at radius 2 is 2.00 bits per heavy atom. The normalized spacial score (nSPS) is 11.4. The zero-order valence-corrected chi connectivity index (χ0v) is 15.8. The maximum atomic E-state index is 12.0. The zero-order valence-electron chi connectivity index (χ0n) is 13.4. The molecule has 0 aromatic heterocycles. The standard InChI is InChI=1S/C16H24BrNO4S/c1-2-3-9-22-10-5-8-18-16(19)13-23(20,21)12-14-6-4-7-15(17)11-14/h4,6-7,11H,2-3,5,8-10,12-13H2,1H3,(H,18,19). The molecule has 1 amide bonds. The lowest BCUT2D eigenvalue weighted by atomic mass is 10.2. The molecule has 1 aromatic rings. The van der Waals surface area contributed by atoms with Crippen LogP contribution < -0.4 is 5.32 Å². The van der Waals surface area contributed by atoms with Crippen molar-refractivity contribution in [2.75, 3.05) is 25.5 Å². The van der Waals surface area contributed by atoms with E-state index in [1.54, 1.807) is 18.2 Å². The summed E-state index contributed by atoms with van der Waals surface area (Å²) < 4.78 is 30.2. The number of rotatable bonds is 11. The Bertz CT molecular complexity index is 589. The first-order chi connectivity index (χ1) is 10.9. The van der Waals surface area contributed by atoms with Gasteiger partial charge in [0.1, 0.15) is 5.75 Å². The average Bonchev–Trinajstić information content (AvgIpc) is 2.45. The van der Waals surface area contributed by atoms with Gasteiger partial charge in [0.2, 0.25) is 5.91 Å². The highest BCUT2D eigenvalue weighted by Crippen LogP contribution is 2.14. The molecule has 1 rings (SSSR count). The van der Waals surface area contributed by atoms with Crippen LogP contribution in [0.15, 0.2) is 28.7 Å². The van der Waals surface area contributed by atoms with Crippen LogP contribution in [0, 0.1) is 0 Å². The lowest BCUT2D eigenvalue weighted by molar-refractivity contribution is -0.118. The minimum Gasteiger partial charge on any atom is -0.381 e. The Kier molecular flexibility index (Phi) is 9.43. The quantitative estimate of drug-likeness (QED) is 0.574. The largest absolute Gasteiger partial charge is 0.381 e. The lowest BCUT2D eigenvalue weighted by Crippen LogP contribution is -2.32. The SMILES string of the molecule is CCCCOCCCNC(=O)CS(=O)(=O)Cc1cccc(Br)c1. The van der Waals surface area contributed by atoms with Gasteiger partial charge in [-0.25, -0.2) is 8.42 Å². The third-order valence-corrected chi connectivity index (χ3v) is 5.02. The van der Waals surface area contributed by atoms with Crippen molar-refractivity contribution < 1.29 is 17.9 Å². The van der Waals surface area contributed by atoms with Gasteiger partial charge >= 0.3 is 0 Å². The van der Waals surface area contributed by atoms with Crippen molar-refractivity contribution in [1.82, 2.24) is 5.32 Å². The van der Waals surface area contributed by atoms with E-state index in [4.69, 9.17) is 4.74 Å². The first kappa shape index (κ1) is 20.1. The van der Waals surface area contributed by atoms with Crippen LogP contribution in [0.5, 0.6) is 0 Å². The van der Waals surface area contributed by atoms with E-state index >= 15 is 0 Å². The van der Waals surface area contributed by atoms with E-state index in [0.717, 1.165) is 23.9 Å². The number of nitrogens with one attached hydrogen (secondary N) is 1. The summed E-state index contributed by atoms with van der Waals surface area (Å²) in [5.74, 6) is -1.09. The number of halogens is 1. The minimum absolute atomic E-state index is 0.139. The van der Waals surface area contributed by atoms with Gasteiger partial charge in [-0.15, -0.1) is 0 Å². The molecule has 0 fully saturated rings. The molecule has 0 aliphatic heterocycles. The van der Waals surface area contributed by atoms with E-state index in [1.165, 1.54) is 0 Å². The molecule has 0 spiro atoms. The number of ether oxygens (including phenoxy) is 1. The van der Waals surface area contributed by atoms with Crippen molar-refractivity contribution >= 4 is 31.7 Å². The van der Waals surface area contributed by atoms with E-state index in [1.807, 2.05) is 6.07 Å². The van der Waals surface area contributed by atoms with Crippen LogP contribution >= 0.6 is 15.9 Å². The molecule has 5 nitrogen and oxygen atoms in total. The van der Waals surface area contributed by atoms with Crippen LogP contribution in [0.4, 0.5) is 0 Å². The van der Waals surface area contributed by atoms with Crippen LogP contribution in [0.3, 0.4) is 0 Å². The molecule has 0 bridgehead atoms. The Morgan fingerprint density at radius 3 is 2.70 bits per heavy atom. The Labute approximate surface area is 146 Å². The molecule has 0 saturated heterocycles. The Balaban J connectivity index is 2.27. The number of unbranched alkanes of at least 4 members (excludes halogenated alkanes) is 1. The molecular weight excluding hydrogens is 382 g/mol. The maximum absolute atomic E-state index is 12.0. The molecule has 0 radical (unpaired) electrons. The van der Waals surface area contributed by atoms with E-state index < -0.39 is 21.5 Å². The first-order valence-corrected chi connectivity index (χ1v) is 10.3. The number of hydrogen-bond donors (Lipinski definition) is 1. The van der Waals surface area contributed by atoms with Crippen LogP contribution in [0.25, 0.3) is 0 Å². The summed E-state index contributed by atoms with van der Waals surface area (Å²) in [4.78, 5) is 11.7. The molecule has 0 atom stereocenters. The highest BCUT2D eigenvalue weighted by molar-refractivity contribution is 9.10. The van der Waals surface area contributed by atoms with Crippen LogP contribution in [0.2, 0.25) is 0 Å². The molecule has 1 aromatic carbocycles. The number of amides is 1. The molecule has 0 unspecified atom stereocenters. The van der Waals surface area contributed by atoms with E-state index in [-0.39, 0.29) is 5.75 Å². The summed E-state index contributed by atoms with van der Waals surface area (Å²) in [5.41, 5.74) is 0.663. The van der Waals surface area contributed by atoms with Crippen molar-refractivity contribution in [3.63, 3.8) is 0 Å². The predicted octanol–water partition coefficient (Wildman–Crippen LogP) is 2.69. The average molecular weight is 406 g/mol. The number of sulfone groups is 1. The Morgan fingerprint density at radius 1 is 1.26 bits per heavy atom.